The number of anilines is 1. The zero-order valence-electron chi connectivity index (χ0n) is 12.8. The number of benzene rings is 2. The Labute approximate surface area is 133 Å². The molecule has 0 aliphatic rings. The van der Waals surface area contributed by atoms with Crippen LogP contribution in [0.4, 0.5) is 11.4 Å². The van der Waals surface area contributed by atoms with Crippen LogP contribution in [0.2, 0.25) is 0 Å². The van der Waals surface area contributed by atoms with E-state index in [-0.39, 0.29) is 11.6 Å². The Morgan fingerprint density at radius 1 is 1.22 bits per heavy atom. The van der Waals surface area contributed by atoms with Gasteiger partial charge in [-0.1, -0.05) is 12.1 Å². The van der Waals surface area contributed by atoms with Crippen LogP contribution in [-0.4, -0.2) is 31.1 Å². The SMILES string of the molecule is CN(C)c1ccc(C(=O)N/N=C\c2cccc([N+](=O)[O-])c2)cc1. The maximum absolute atomic E-state index is 11.9. The Kier molecular flexibility index (Phi) is 5.03. The van der Waals surface area contributed by atoms with Crippen LogP contribution < -0.4 is 10.3 Å². The number of rotatable bonds is 5. The summed E-state index contributed by atoms with van der Waals surface area (Å²) in [4.78, 5) is 24.1. The van der Waals surface area contributed by atoms with Crippen LogP contribution in [0.3, 0.4) is 0 Å². The second-order valence-electron chi connectivity index (χ2n) is 4.99. The first-order valence-corrected chi connectivity index (χ1v) is 6.82. The van der Waals surface area contributed by atoms with E-state index in [0.29, 0.717) is 11.1 Å². The lowest BCUT2D eigenvalue weighted by molar-refractivity contribution is -0.384. The molecule has 1 N–H and O–H groups in total. The monoisotopic (exact) mass is 312 g/mol. The van der Waals surface area contributed by atoms with Crippen molar-refractivity contribution in [2.45, 2.75) is 0 Å². The molecule has 0 saturated carbocycles. The van der Waals surface area contributed by atoms with Crippen LogP contribution >= 0.6 is 0 Å². The minimum atomic E-state index is -0.484. The summed E-state index contributed by atoms with van der Waals surface area (Å²) in [7, 11) is 3.83. The zero-order chi connectivity index (χ0) is 16.8. The van der Waals surface area contributed by atoms with Crippen molar-refractivity contribution in [2.75, 3.05) is 19.0 Å². The van der Waals surface area contributed by atoms with Crippen LogP contribution in [0.5, 0.6) is 0 Å². The maximum Gasteiger partial charge on any atom is 0.271 e. The molecule has 0 bridgehead atoms. The molecule has 7 heteroatoms. The van der Waals surface area contributed by atoms with E-state index in [0.717, 1.165) is 5.69 Å². The van der Waals surface area contributed by atoms with Gasteiger partial charge in [-0.05, 0) is 24.3 Å². The fourth-order valence-corrected chi connectivity index (χ4v) is 1.86. The smallest absolute Gasteiger partial charge is 0.271 e. The fourth-order valence-electron chi connectivity index (χ4n) is 1.86. The predicted molar refractivity (Wildman–Crippen MR) is 88.9 cm³/mol. The Morgan fingerprint density at radius 3 is 2.52 bits per heavy atom. The van der Waals surface area contributed by atoms with Crippen LogP contribution in [0.15, 0.2) is 53.6 Å². The van der Waals surface area contributed by atoms with Crippen LogP contribution in [0, 0.1) is 10.1 Å². The lowest BCUT2D eigenvalue weighted by Gasteiger charge is -2.12. The van der Waals surface area contributed by atoms with Gasteiger partial charge in [-0.2, -0.15) is 5.10 Å². The molecule has 0 aliphatic heterocycles. The second kappa shape index (κ2) is 7.17. The summed E-state index contributed by atoms with van der Waals surface area (Å²) in [5, 5.41) is 14.5. The van der Waals surface area contributed by atoms with E-state index in [9.17, 15) is 14.9 Å². The summed E-state index contributed by atoms with van der Waals surface area (Å²) < 4.78 is 0. The quantitative estimate of drug-likeness (QED) is 0.522. The molecule has 23 heavy (non-hydrogen) atoms. The highest BCUT2D eigenvalue weighted by Gasteiger charge is 2.06. The summed E-state index contributed by atoms with van der Waals surface area (Å²) in [6.07, 6.45) is 1.36. The number of nitro groups is 1. The Bertz CT molecular complexity index is 739. The largest absolute Gasteiger partial charge is 0.378 e. The lowest BCUT2D eigenvalue weighted by atomic mass is 10.2. The summed E-state index contributed by atoms with van der Waals surface area (Å²) in [6.45, 7) is 0. The van der Waals surface area contributed by atoms with Crippen molar-refractivity contribution >= 4 is 23.5 Å². The van der Waals surface area contributed by atoms with Gasteiger partial charge < -0.3 is 4.90 Å². The highest BCUT2D eigenvalue weighted by molar-refractivity contribution is 5.95. The minimum absolute atomic E-state index is 0.0282. The molecule has 0 spiro atoms. The van der Waals surface area contributed by atoms with Crippen LogP contribution in [0.25, 0.3) is 0 Å². The molecule has 1 amide bonds. The van der Waals surface area contributed by atoms with E-state index in [1.807, 2.05) is 31.1 Å². The Morgan fingerprint density at radius 2 is 1.91 bits per heavy atom. The number of hydrazone groups is 1. The molecule has 0 aromatic heterocycles. The van der Waals surface area contributed by atoms with Crippen molar-refractivity contribution in [2.24, 2.45) is 5.10 Å². The molecular weight excluding hydrogens is 296 g/mol. The van der Waals surface area contributed by atoms with E-state index in [4.69, 9.17) is 0 Å². The number of hydrogen-bond acceptors (Lipinski definition) is 5. The average molecular weight is 312 g/mol. The van der Waals surface area contributed by atoms with Gasteiger partial charge in [0.2, 0.25) is 0 Å². The molecule has 0 unspecified atom stereocenters. The number of nitro benzene ring substituents is 1. The van der Waals surface area contributed by atoms with Crippen molar-refractivity contribution in [3.05, 3.63) is 69.8 Å². The van der Waals surface area contributed by atoms with E-state index >= 15 is 0 Å². The van der Waals surface area contributed by atoms with Gasteiger partial charge >= 0.3 is 0 Å². The van der Waals surface area contributed by atoms with Gasteiger partial charge in [0.25, 0.3) is 11.6 Å². The average Bonchev–Trinajstić information content (AvgIpc) is 2.55. The first-order valence-electron chi connectivity index (χ1n) is 6.82. The van der Waals surface area contributed by atoms with Crippen molar-refractivity contribution in [3.8, 4) is 0 Å². The van der Waals surface area contributed by atoms with Crippen LogP contribution in [-0.2, 0) is 0 Å². The number of non-ortho nitro benzene ring substituents is 1. The molecule has 0 radical (unpaired) electrons. The highest BCUT2D eigenvalue weighted by Crippen LogP contribution is 2.13. The molecule has 7 nitrogen and oxygen atoms in total. The second-order valence-corrected chi connectivity index (χ2v) is 4.99. The maximum atomic E-state index is 11.9. The number of amides is 1. The third kappa shape index (κ3) is 4.37. The molecule has 0 heterocycles. The number of carbonyl (C=O) groups is 1. The predicted octanol–water partition coefficient (Wildman–Crippen LogP) is 2.42. The van der Waals surface area contributed by atoms with Gasteiger partial charge in [-0.15, -0.1) is 0 Å². The Hall–Kier alpha value is -3.22. The summed E-state index contributed by atoms with van der Waals surface area (Å²) in [5.41, 5.74) is 4.36. The summed E-state index contributed by atoms with van der Waals surface area (Å²) in [5.74, 6) is -0.350. The third-order valence-electron chi connectivity index (χ3n) is 3.11. The molecule has 118 valence electrons. The molecule has 0 saturated heterocycles. The summed E-state index contributed by atoms with van der Waals surface area (Å²) in [6, 6.07) is 13.1. The number of nitrogens with zero attached hydrogens (tertiary/aromatic N) is 3. The standard InChI is InChI=1S/C16H16N4O3/c1-19(2)14-8-6-13(7-9-14)16(21)18-17-11-12-4-3-5-15(10-12)20(22)23/h3-11H,1-2H3,(H,18,21)/b17-11-. The van der Waals surface area contributed by atoms with E-state index in [1.165, 1.54) is 18.3 Å². The van der Waals surface area contributed by atoms with Crippen LogP contribution in [0.1, 0.15) is 15.9 Å². The molecule has 0 fully saturated rings. The van der Waals surface area contributed by atoms with E-state index in [1.54, 1.807) is 24.3 Å². The molecular formula is C16H16N4O3. The normalized spacial score (nSPS) is 10.5. The first-order chi connectivity index (χ1) is 11.0. The van der Waals surface area contributed by atoms with Gasteiger partial charge in [0.05, 0.1) is 11.1 Å². The van der Waals surface area contributed by atoms with Crippen molar-refractivity contribution < 1.29 is 9.72 Å². The van der Waals surface area contributed by atoms with Crippen molar-refractivity contribution in [3.63, 3.8) is 0 Å². The van der Waals surface area contributed by atoms with Gasteiger partial charge in [-0.3, -0.25) is 14.9 Å². The van der Waals surface area contributed by atoms with Gasteiger partial charge in [-0.25, -0.2) is 5.43 Å². The summed E-state index contributed by atoms with van der Waals surface area (Å²) >= 11 is 0. The van der Waals surface area contributed by atoms with Gasteiger partial charge in [0.1, 0.15) is 0 Å². The minimum Gasteiger partial charge on any atom is -0.378 e. The molecule has 0 aliphatic carbocycles. The zero-order valence-corrected chi connectivity index (χ0v) is 12.8. The highest BCUT2D eigenvalue weighted by atomic mass is 16.6. The number of nitrogens with one attached hydrogen (secondary N) is 1. The molecule has 0 atom stereocenters. The van der Waals surface area contributed by atoms with Gasteiger partial charge in [0, 0.05) is 43.0 Å². The number of hydrogen-bond donors (Lipinski definition) is 1. The van der Waals surface area contributed by atoms with E-state index in [2.05, 4.69) is 10.5 Å². The molecule has 2 rings (SSSR count). The third-order valence-corrected chi connectivity index (χ3v) is 3.11. The molecule has 2 aromatic carbocycles. The van der Waals surface area contributed by atoms with Crippen molar-refractivity contribution in [1.29, 1.82) is 0 Å². The molecule has 2 aromatic rings. The number of carbonyl (C=O) groups excluding carboxylic acids is 1. The van der Waals surface area contributed by atoms with Gasteiger partial charge in [0.15, 0.2) is 0 Å². The Balaban J connectivity index is 2.01. The first kappa shape index (κ1) is 16.2. The lowest BCUT2D eigenvalue weighted by Crippen LogP contribution is -2.18. The topological polar surface area (TPSA) is 87.8 Å². The van der Waals surface area contributed by atoms with E-state index < -0.39 is 4.92 Å². The fraction of sp³-hybridized carbons (Fsp3) is 0.125. The van der Waals surface area contributed by atoms with Crippen molar-refractivity contribution in [1.82, 2.24) is 5.43 Å².